The van der Waals surface area contributed by atoms with Gasteiger partial charge in [-0.15, -0.1) is 0 Å². The van der Waals surface area contributed by atoms with Crippen molar-refractivity contribution in [1.82, 2.24) is 0 Å². The van der Waals surface area contributed by atoms with E-state index in [0.29, 0.717) is 0 Å². The number of furan rings is 1. The highest BCUT2D eigenvalue weighted by molar-refractivity contribution is 6.18. The van der Waals surface area contributed by atoms with Crippen LogP contribution in [0.2, 0.25) is 0 Å². The molecule has 1 heterocycles. The fraction of sp³-hybridized carbons (Fsp3) is 0. The molecule has 17 heavy (non-hydrogen) atoms. The van der Waals surface area contributed by atoms with E-state index in [1.54, 1.807) is 0 Å². The largest absolute Gasteiger partial charge is 0.456 e. The van der Waals surface area contributed by atoms with Crippen LogP contribution in [0, 0.1) is 6.07 Å². The zero-order valence-electron chi connectivity index (χ0n) is 9.10. The fourth-order valence-electron chi connectivity index (χ4n) is 2.43. The standard InChI is InChI=1S/C16H9O/c1-2-6-12-11(5-1)9-10-15-16(12)13-7-3-4-8-14(13)17-15/h1,3-10H. The maximum Gasteiger partial charge on any atom is 0.136 e. The molecule has 0 bridgehead atoms. The summed E-state index contributed by atoms with van der Waals surface area (Å²) in [5, 5.41) is 4.79. The summed E-state index contributed by atoms with van der Waals surface area (Å²) in [7, 11) is 0. The molecule has 0 spiro atoms. The van der Waals surface area contributed by atoms with Crippen LogP contribution in [0.4, 0.5) is 0 Å². The van der Waals surface area contributed by atoms with Crippen LogP contribution in [-0.2, 0) is 0 Å². The van der Waals surface area contributed by atoms with E-state index in [-0.39, 0.29) is 0 Å². The molecular formula is C16H9O. The number of rotatable bonds is 0. The lowest BCUT2D eigenvalue weighted by atomic mass is 10.0. The third-order valence-corrected chi connectivity index (χ3v) is 3.20. The van der Waals surface area contributed by atoms with Crippen LogP contribution in [0.3, 0.4) is 0 Å². The monoisotopic (exact) mass is 217 g/mol. The van der Waals surface area contributed by atoms with E-state index in [2.05, 4.69) is 24.3 Å². The van der Waals surface area contributed by atoms with E-state index in [0.717, 1.165) is 11.2 Å². The summed E-state index contributed by atoms with van der Waals surface area (Å²) in [5.41, 5.74) is 1.89. The minimum absolute atomic E-state index is 0.943. The Morgan fingerprint density at radius 2 is 1.76 bits per heavy atom. The molecule has 0 atom stereocenters. The highest BCUT2D eigenvalue weighted by Gasteiger charge is 2.08. The van der Waals surface area contributed by atoms with Gasteiger partial charge in [0.05, 0.1) is 0 Å². The van der Waals surface area contributed by atoms with Gasteiger partial charge in [0.2, 0.25) is 0 Å². The summed E-state index contributed by atoms with van der Waals surface area (Å²) in [4.78, 5) is 0. The highest BCUT2D eigenvalue weighted by atomic mass is 16.3. The van der Waals surface area contributed by atoms with Crippen LogP contribution in [0.1, 0.15) is 0 Å². The van der Waals surface area contributed by atoms with Gasteiger partial charge in [-0.1, -0.05) is 36.4 Å². The molecule has 0 unspecified atom stereocenters. The summed E-state index contributed by atoms with van der Waals surface area (Å²) in [6.07, 6.45) is 0. The lowest BCUT2D eigenvalue weighted by Crippen LogP contribution is -1.73. The Hall–Kier alpha value is -2.28. The van der Waals surface area contributed by atoms with Gasteiger partial charge in [0.1, 0.15) is 11.2 Å². The van der Waals surface area contributed by atoms with E-state index in [1.165, 1.54) is 21.5 Å². The third kappa shape index (κ3) is 1.14. The average molecular weight is 217 g/mol. The fourth-order valence-corrected chi connectivity index (χ4v) is 2.43. The Morgan fingerprint density at radius 3 is 2.76 bits per heavy atom. The normalized spacial score (nSPS) is 11.5. The Balaban J connectivity index is 2.38. The van der Waals surface area contributed by atoms with Crippen LogP contribution in [0.25, 0.3) is 32.7 Å². The van der Waals surface area contributed by atoms with Crippen molar-refractivity contribution in [2.24, 2.45) is 0 Å². The van der Waals surface area contributed by atoms with Gasteiger partial charge in [0, 0.05) is 10.8 Å². The van der Waals surface area contributed by atoms with Crippen LogP contribution < -0.4 is 0 Å². The molecule has 79 valence electrons. The predicted molar refractivity (Wildman–Crippen MR) is 70.1 cm³/mol. The van der Waals surface area contributed by atoms with Crippen LogP contribution >= 0.6 is 0 Å². The average Bonchev–Trinajstić information content (AvgIpc) is 2.77. The van der Waals surface area contributed by atoms with Crippen LogP contribution in [0.15, 0.2) is 59.0 Å². The predicted octanol–water partition coefficient (Wildman–Crippen LogP) is 4.54. The van der Waals surface area contributed by atoms with Crippen molar-refractivity contribution in [1.29, 1.82) is 0 Å². The Kier molecular flexibility index (Phi) is 1.61. The van der Waals surface area contributed by atoms with Gasteiger partial charge >= 0.3 is 0 Å². The second-order valence-corrected chi connectivity index (χ2v) is 4.18. The van der Waals surface area contributed by atoms with Gasteiger partial charge in [-0.25, -0.2) is 0 Å². The van der Waals surface area contributed by atoms with E-state index in [9.17, 15) is 0 Å². The van der Waals surface area contributed by atoms with Crippen molar-refractivity contribution < 1.29 is 4.42 Å². The summed E-state index contributed by atoms with van der Waals surface area (Å²) in [6.45, 7) is 0. The molecule has 0 fully saturated rings. The molecule has 4 rings (SSSR count). The smallest absolute Gasteiger partial charge is 0.136 e. The maximum absolute atomic E-state index is 5.85. The second-order valence-electron chi connectivity index (χ2n) is 4.18. The highest BCUT2D eigenvalue weighted by Crippen LogP contribution is 2.33. The first-order valence-electron chi connectivity index (χ1n) is 5.63. The number of para-hydroxylation sites is 1. The van der Waals surface area contributed by atoms with Crippen molar-refractivity contribution in [2.75, 3.05) is 0 Å². The molecule has 0 saturated carbocycles. The quantitative estimate of drug-likeness (QED) is 0.421. The molecule has 1 aromatic heterocycles. The van der Waals surface area contributed by atoms with Crippen molar-refractivity contribution >= 4 is 32.7 Å². The Morgan fingerprint density at radius 1 is 0.824 bits per heavy atom. The van der Waals surface area contributed by atoms with Gasteiger partial charge in [-0.3, -0.25) is 0 Å². The number of benzene rings is 3. The molecule has 0 aliphatic heterocycles. The zero-order chi connectivity index (χ0) is 11.2. The third-order valence-electron chi connectivity index (χ3n) is 3.20. The zero-order valence-corrected chi connectivity index (χ0v) is 9.10. The molecule has 0 aliphatic carbocycles. The molecule has 0 amide bonds. The molecule has 1 nitrogen and oxygen atoms in total. The van der Waals surface area contributed by atoms with Gasteiger partial charge in [-0.2, -0.15) is 0 Å². The Bertz CT molecular complexity index is 834. The van der Waals surface area contributed by atoms with Gasteiger partial charge in [0.25, 0.3) is 0 Å². The lowest BCUT2D eigenvalue weighted by Gasteiger charge is -1.97. The second kappa shape index (κ2) is 3.11. The van der Waals surface area contributed by atoms with E-state index in [1.807, 2.05) is 36.4 Å². The molecule has 1 heteroatoms. The summed E-state index contributed by atoms with van der Waals surface area (Å²) in [6, 6.07) is 21.5. The topological polar surface area (TPSA) is 13.1 Å². The number of fused-ring (bicyclic) bond motifs is 5. The summed E-state index contributed by atoms with van der Waals surface area (Å²) >= 11 is 0. The van der Waals surface area contributed by atoms with Crippen molar-refractivity contribution in [3.8, 4) is 0 Å². The molecular weight excluding hydrogens is 208 g/mol. The van der Waals surface area contributed by atoms with Gasteiger partial charge < -0.3 is 4.42 Å². The van der Waals surface area contributed by atoms with Crippen LogP contribution in [-0.4, -0.2) is 0 Å². The molecule has 4 aromatic rings. The Labute approximate surface area is 98.3 Å². The first kappa shape index (κ1) is 8.82. The molecule has 0 saturated heterocycles. The maximum atomic E-state index is 5.85. The molecule has 0 aliphatic rings. The van der Waals surface area contributed by atoms with E-state index in [4.69, 9.17) is 4.42 Å². The number of hydrogen-bond donors (Lipinski definition) is 0. The van der Waals surface area contributed by atoms with Crippen molar-refractivity contribution in [2.45, 2.75) is 0 Å². The summed E-state index contributed by atoms with van der Waals surface area (Å²) < 4.78 is 5.85. The minimum Gasteiger partial charge on any atom is -0.456 e. The van der Waals surface area contributed by atoms with E-state index >= 15 is 0 Å². The number of hydrogen-bond acceptors (Lipinski definition) is 1. The summed E-state index contributed by atoms with van der Waals surface area (Å²) in [5.74, 6) is 0. The minimum atomic E-state index is 0.943. The van der Waals surface area contributed by atoms with Crippen LogP contribution in [0.5, 0.6) is 0 Å². The molecule has 3 aromatic carbocycles. The molecule has 1 radical (unpaired) electrons. The first-order chi connectivity index (χ1) is 8.43. The van der Waals surface area contributed by atoms with Crippen molar-refractivity contribution in [3.63, 3.8) is 0 Å². The SMILES string of the molecule is [c]1ccc2ccc3oc4ccccc4c3c2c1. The first-order valence-corrected chi connectivity index (χ1v) is 5.63. The lowest BCUT2D eigenvalue weighted by molar-refractivity contribution is 0.669. The van der Waals surface area contributed by atoms with Gasteiger partial charge in [0.15, 0.2) is 0 Å². The van der Waals surface area contributed by atoms with Crippen molar-refractivity contribution in [3.05, 3.63) is 60.7 Å². The molecule has 0 N–H and O–H groups in total. The van der Waals surface area contributed by atoms with Gasteiger partial charge in [-0.05, 0) is 35.0 Å². The van der Waals surface area contributed by atoms with E-state index < -0.39 is 0 Å².